The number of nitrogens with one attached hydrogen (secondary N) is 1. The molecule has 0 radical (unpaired) electrons. The first-order valence-electron chi connectivity index (χ1n) is 7.54. The molecule has 5 heteroatoms. The van der Waals surface area contributed by atoms with E-state index in [2.05, 4.69) is 16.4 Å². The lowest BCUT2D eigenvalue weighted by atomic mass is 10.00. The van der Waals surface area contributed by atoms with Crippen molar-refractivity contribution in [1.29, 1.82) is 0 Å². The van der Waals surface area contributed by atoms with E-state index >= 15 is 0 Å². The fourth-order valence-electron chi connectivity index (χ4n) is 3.39. The monoisotopic (exact) mass is 295 g/mol. The Morgan fingerprint density at radius 3 is 3.05 bits per heavy atom. The van der Waals surface area contributed by atoms with E-state index in [9.17, 15) is 9.90 Å². The number of carbonyl (C=O) groups excluding carboxylic acids is 1. The molecule has 5 nitrogen and oxygen atoms in total. The second kappa shape index (κ2) is 5.02. The van der Waals surface area contributed by atoms with Crippen LogP contribution in [0, 0.1) is 0 Å². The van der Waals surface area contributed by atoms with Gasteiger partial charge in [0.15, 0.2) is 0 Å². The largest absolute Gasteiger partial charge is 0.508 e. The van der Waals surface area contributed by atoms with Gasteiger partial charge in [0.25, 0.3) is 0 Å². The number of carbonyl (C=O) groups is 1. The Balaban J connectivity index is 1.69. The van der Waals surface area contributed by atoms with Gasteiger partial charge < -0.3 is 15.3 Å². The third-order valence-electron chi connectivity index (χ3n) is 4.48. The number of aliphatic imine (C=N–C) groups is 1. The standard InChI is InChI=1S/C17H17N3O2/c21-16-4-2-1-3-12(16)15-7-8-17(22)20(15)11-5-6-13-14(9-11)19-10-18-13/h1-5,9-10,13,15,21H,6-8H2,(H,18,19). The van der Waals surface area contributed by atoms with Gasteiger partial charge in [-0.05, 0) is 25.0 Å². The highest BCUT2D eigenvalue weighted by Gasteiger charge is 2.36. The molecule has 1 saturated heterocycles. The van der Waals surface area contributed by atoms with Crippen LogP contribution < -0.4 is 5.32 Å². The van der Waals surface area contributed by atoms with Crippen molar-refractivity contribution < 1.29 is 9.90 Å². The lowest BCUT2D eigenvalue weighted by Gasteiger charge is -2.29. The summed E-state index contributed by atoms with van der Waals surface area (Å²) >= 11 is 0. The summed E-state index contributed by atoms with van der Waals surface area (Å²) in [6.07, 6.45) is 7.80. The molecule has 1 aromatic rings. The van der Waals surface area contributed by atoms with Crippen LogP contribution in [0.15, 0.2) is 52.8 Å². The quantitative estimate of drug-likeness (QED) is 0.879. The number of nitrogens with zero attached hydrogens (tertiary/aromatic N) is 2. The first kappa shape index (κ1) is 13.1. The van der Waals surface area contributed by atoms with Gasteiger partial charge in [-0.15, -0.1) is 0 Å². The van der Waals surface area contributed by atoms with Crippen LogP contribution in [0.5, 0.6) is 5.75 Å². The van der Waals surface area contributed by atoms with Crippen molar-refractivity contribution in [3.8, 4) is 5.75 Å². The van der Waals surface area contributed by atoms with Gasteiger partial charge in [0.05, 0.1) is 18.4 Å². The Bertz CT molecular complexity index is 720. The van der Waals surface area contributed by atoms with Gasteiger partial charge in [0.1, 0.15) is 5.75 Å². The number of fused-ring (bicyclic) bond motifs is 1. The third-order valence-corrected chi connectivity index (χ3v) is 4.48. The van der Waals surface area contributed by atoms with Crippen LogP contribution in [0.3, 0.4) is 0 Å². The number of para-hydroxylation sites is 1. The van der Waals surface area contributed by atoms with Gasteiger partial charge in [0, 0.05) is 23.4 Å². The molecule has 2 unspecified atom stereocenters. The van der Waals surface area contributed by atoms with Crippen molar-refractivity contribution in [2.24, 2.45) is 4.99 Å². The maximum atomic E-state index is 12.4. The van der Waals surface area contributed by atoms with Gasteiger partial charge in [-0.3, -0.25) is 9.79 Å². The third kappa shape index (κ3) is 2.01. The fraction of sp³-hybridized carbons (Fsp3) is 0.294. The average Bonchev–Trinajstić information content (AvgIpc) is 3.13. The number of hydrogen-bond acceptors (Lipinski definition) is 4. The summed E-state index contributed by atoms with van der Waals surface area (Å²) in [6.45, 7) is 0. The van der Waals surface area contributed by atoms with Gasteiger partial charge in [-0.2, -0.15) is 0 Å². The van der Waals surface area contributed by atoms with Crippen LogP contribution in [-0.4, -0.2) is 28.3 Å². The van der Waals surface area contributed by atoms with E-state index in [1.807, 2.05) is 23.1 Å². The second-order valence-corrected chi connectivity index (χ2v) is 5.78. The van der Waals surface area contributed by atoms with Crippen LogP contribution in [-0.2, 0) is 4.79 Å². The number of allylic oxidation sites excluding steroid dienone is 1. The summed E-state index contributed by atoms with van der Waals surface area (Å²) < 4.78 is 0. The van der Waals surface area contributed by atoms with Crippen LogP contribution >= 0.6 is 0 Å². The van der Waals surface area contributed by atoms with Crippen LogP contribution in [0.2, 0.25) is 0 Å². The van der Waals surface area contributed by atoms with Crippen molar-refractivity contribution >= 4 is 12.2 Å². The Morgan fingerprint density at radius 1 is 1.32 bits per heavy atom. The number of aromatic hydroxyl groups is 1. The maximum Gasteiger partial charge on any atom is 0.227 e. The number of phenolic OH excluding ortho intramolecular Hbond substituents is 1. The number of rotatable bonds is 2. The van der Waals surface area contributed by atoms with Gasteiger partial charge in [-0.25, -0.2) is 0 Å². The number of hydrogen-bond donors (Lipinski definition) is 2. The van der Waals surface area contributed by atoms with Crippen LogP contribution in [0.4, 0.5) is 0 Å². The predicted molar refractivity (Wildman–Crippen MR) is 83.1 cm³/mol. The van der Waals surface area contributed by atoms with E-state index in [-0.39, 0.29) is 23.7 Å². The maximum absolute atomic E-state index is 12.4. The Morgan fingerprint density at radius 2 is 2.18 bits per heavy atom. The summed E-state index contributed by atoms with van der Waals surface area (Å²) in [6, 6.07) is 7.31. The van der Waals surface area contributed by atoms with Crippen molar-refractivity contribution in [3.63, 3.8) is 0 Å². The average molecular weight is 295 g/mol. The molecule has 2 aliphatic heterocycles. The molecule has 0 bridgehead atoms. The van der Waals surface area contributed by atoms with Gasteiger partial charge >= 0.3 is 0 Å². The molecule has 0 saturated carbocycles. The zero-order valence-electron chi connectivity index (χ0n) is 12.1. The van der Waals surface area contributed by atoms with Gasteiger partial charge in [0.2, 0.25) is 5.91 Å². The SMILES string of the molecule is O=C1CCC(c2ccccc2O)N1C1=CCC2N=CNC2=C1. The fourth-order valence-corrected chi connectivity index (χ4v) is 3.39. The lowest BCUT2D eigenvalue weighted by Crippen LogP contribution is -2.29. The Kier molecular flexibility index (Phi) is 2.99. The summed E-state index contributed by atoms with van der Waals surface area (Å²) in [5.74, 6) is 0.352. The summed E-state index contributed by atoms with van der Waals surface area (Å²) in [5.41, 5.74) is 2.75. The molecule has 2 atom stereocenters. The zero-order valence-corrected chi connectivity index (χ0v) is 12.1. The topological polar surface area (TPSA) is 64.9 Å². The molecule has 1 aromatic carbocycles. The smallest absolute Gasteiger partial charge is 0.227 e. The first-order chi connectivity index (χ1) is 10.7. The van der Waals surface area contributed by atoms with Crippen molar-refractivity contribution in [2.45, 2.75) is 31.3 Å². The highest BCUT2D eigenvalue weighted by molar-refractivity contribution is 5.82. The van der Waals surface area contributed by atoms with E-state index in [4.69, 9.17) is 0 Å². The molecule has 0 spiro atoms. The molecule has 2 heterocycles. The summed E-state index contributed by atoms with van der Waals surface area (Å²) in [7, 11) is 0. The summed E-state index contributed by atoms with van der Waals surface area (Å²) in [5, 5.41) is 13.3. The minimum Gasteiger partial charge on any atom is -0.508 e. The van der Waals surface area contributed by atoms with Crippen LogP contribution in [0.1, 0.15) is 30.9 Å². The molecular weight excluding hydrogens is 278 g/mol. The number of benzene rings is 1. The predicted octanol–water partition coefficient (Wildman–Crippen LogP) is 2.23. The van der Waals surface area contributed by atoms with E-state index in [1.54, 1.807) is 18.5 Å². The number of likely N-dealkylation sites (tertiary alicyclic amines) is 1. The van der Waals surface area contributed by atoms with Crippen LogP contribution in [0.25, 0.3) is 0 Å². The van der Waals surface area contributed by atoms with Gasteiger partial charge in [-0.1, -0.05) is 24.3 Å². The molecule has 112 valence electrons. The van der Waals surface area contributed by atoms with E-state index < -0.39 is 0 Å². The van der Waals surface area contributed by atoms with Crippen molar-refractivity contribution in [3.05, 3.63) is 53.4 Å². The zero-order chi connectivity index (χ0) is 15.1. The molecular formula is C17H17N3O2. The minimum atomic E-state index is -0.101. The highest BCUT2D eigenvalue weighted by Crippen LogP contribution is 2.40. The molecule has 3 aliphatic rings. The molecule has 2 N–H and O–H groups in total. The number of amides is 1. The molecule has 22 heavy (non-hydrogen) atoms. The molecule has 0 aromatic heterocycles. The first-order valence-corrected chi connectivity index (χ1v) is 7.54. The van der Waals surface area contributed by atoms with E-state index in [0.29, 0.717) is 6.42 Å². The number of phenols is 1. The normalized spacial score (nSPS) is 26.5. The molecule has 1 amide bonds. The second-order valence-electron chi connectivity index (χ2n) is 5.78. The Labute approximate surface area is 128 Å². The molecule has 4 rings (SSSR count). The van der Waals surface area contributed by atoms with E-state index in [1.165, 1.54) is 0 Å². The molecule has 1 fully saturated rings. The highest BCUT2D eigenvalue weighted by atomic mass is 16.3. The molecule has 1 aliphatic carbocycles. The Hall–Kier alpha value is -2.56. The van der Waals surface area contributed by atoms with Crippen molar-refractivity contribution in [1.82, 2.24) is 10.2 Å². The van der Waals surface area contributed by atoms with Crippen molar-refractivity contribution in [2.75, 3.05) is 0 Å². The minimum absolute atomic E-state index is 0.101. The van der Waals surface area contributed by atoms with E-state index in [0.717, 1.165) is 29.8 Å². The lowest BCUT2D eigenvalue weighted by molar-refractivity contribution is -0.127. The summed E-state index contributed by atoms with van der Waals surface area (Å²) in [4.78, 5) is 18.5.